The van der Waals surface area contributed by atoms with Crippen LogP contribution in [-0.2, 0) is 6.54 Å². The van der Waals surface area contributed by atoms with Crippen LogP contribution in [-0.4, -0.2) is 57.1 Å². The highest BCUT2D eigenvalue weighted by Crippen LogP contribution is 2.32. The van der Waals surface area contributed by atoms with Crippen LogP contribution >= 0.6 is 0 Å². The lowest BCUT2D eigenvalue weighted by Crippen LogP contribution is -2.49. The summed E-state index contributed by atoms with van der Waals surface area (Å²) in [4.78, 5) is 32.6. The average molecular weight is 458 g/mol. The van der Waals surface area contributed by atoms with Crippen molar-refractivity contribution >= 4 is 23.2 Å². The topological polar surface area (TPSA) is 62.3 Å². The van der Waals surface area contributed by atoms with Gasteiger partial charge >= 0.3 is 0 Å². The molecule has 7 nitrogen and oxygen atoms in total. The fourth-order valence-electron chi connectivity index (χ4n) is 4.64. The Morgan fingerprint density at radius 1 is 0.765 bits per heavy atom. The van der Waals surface area contributed by atoms with E-state index in [1.165, 1.54) is 0 Å². The Morgan fingerprint density at radius 3 is 1.94 bits per heavy atom. The Bertz CT molecular complexity index is 1200. The minimum absolute atomic E-state index is 0.0869. The molecule has 7 heteroatoms. The molecule has 34 heavy (non-hydrogen) atoms. The van der Waals surface area contributed by atoms with E-state index in [2.05, 4.69) is 4.90 Å². The number of hydrogen-bond donors (Lipinski definition) is 0. The third kappa shape index (κ3) is 3.94. The number of ether oxygens (including phenoxy) is 2. The number of fused-ring (bicyclic) bond motifs is 1. The molecule has 1 fully saturated rings. The van der Waals surface area contributed by atoms with Crippen LogP contribution in [0.2, 0.25) is 0 Å². The Balaban J connectivity index is 1.31. The van der Waals surface area contributed by atoms with Gasteiger partial charge in [-0.2, -0.15) is 0 Å². The van der Waals surface area contributed by atoms with E-state index in [0.29, 0.717) is 30.8 Å². The molecule has 3 aromatic carbocycles. The van der Waals surface area contributed by atoms with Crippen molar-refractivity contribution in [1.82, 2.24) is 4.90 Å². The number of anilines is 2. The summed E-state index contributed by atoms with van der Waals surface area (Å²) < 4.78 is 10.5. The zero-order chi connectivity index (χ0) is 23.7. The van der Waals surface area contributed by atoms with E-state index >= 15 is 0 Å². The van der Waals surface area contributed by atoms with Crippen LogP contribution in [0.3, 0.4) is 0 Å². The van der Waals surface area contributed by atoms with Gasteiger partial charge in [-0.05, 0) is 60.2 Å². The van der Waals surface area contributed by atoms with Crippen LogP contribution in [0.25, 0.3) is 0 Å². The number of rotatable bonds is 5. The van der Waals surface area contributed by atoms with Gasteiger partial charge in [0.05, 0.1) is 31.9 Å². The molecule has 0 aromatic heterocycles. The van der Waals surface area contributed by atoms with Crippen molar-refractivity contribution < 1.29 is 19.1 Å². The van der Waals surface area contributed by atoms with E-state index < -0.39 is 0 Å². The molecule has 0 N–H and O–H groups in total. The molecular weight excluding hydrogens is 430 g/mol. The first kappa shape index (κ1) is 21.8. The quantitative estimate of drug-likeness (QED) is 0.583. The second-order valence-corrected chi connectivity index (χ2v) is 8.41. The molecular formula is C27H27N3O4. The molecule has 3 aromatic rings. The van der Waals surface area contributed by atoms with Crippen molar-refractivity contribution in [1.29, 1.82) is 0 Å². The van der Waals surface area contributed by atoms with Crippen LogP contribution in [0, 0.1) is 0 Å². The SMILES string of the molecule is COc1ccc(N2CCN(C(=O)c3cccc4c3C(=O)N(c3ccc(OC)cc3)C4)CC2)cc1. The third-order valence-electron chi connectivity index (χ3n) is 6.56. The second kappa shape index (κ2) is 9.09. The lowest BCUT2D eigenvalue weighted by Gasteiger charge is -2.36. The maximum absolute atomic E-state index is 13.5. The predicted molar refractivity (Wildman–Crippen MR) is 131 cm³/mol. The summed E-state index contributed by atoms with van der Waals surface area (Å²) in [6, 6.07) is 20.9. The third-order valence-corrected chi connectivity index (χ3v) is 6.56. The average Bonchev–Trinajstić information content (AvgIpc) is 3.25. The van der Waals surface area contributed by atoms with Crippen molar-refractivity contribution in [3.63, 3.8) is 0 Å². The molecule has 0 bridgehead atoms. The minimum atomic E-state index is -0.138. The van der Waals surface area contributed by atoms with Crippen LogP contribution in [0.1, 0.15) is 26.3 Å². The van der Waals surface area contributed by atoms with Gasteiger partial charge in [0.15, 0.2) is 0 Å². The van der Waals surface area contributed by atoms with Gasteiger partial charge in [0.25, 0.3) is 11.8 Å². The highest BCUT2D eigenvalue weighted by molar-refractivity contribution is 6.16. The molecule has 0 radical (unpaired) electrons. The van der Waals surface area contributed by atoms with E-state index in [4.69, 9.17) is 9.47 Å². The standard InChI is InChI=1S/C27H27N3O4/c1-33-22-10-6-20(7-11-22)28-14-16-29(17-15-28)26(31)24-5-3-4-19-18-30(27(32)25(19)24)21-8-12-23(34-2)13-9-21/h3-13H,14-18H2,1-2H3. The summed E-state index contributed by atoms with van der Waals surface area (Å²) in [7, 11) is 3.27. The number of methoxy groups -OCH3 is 2. The van der Waals surface area contributed by atoms with Crippen molar-refractivity contribution in [3.05, 3.63) is 83.4 Å². The van der Waals surface area contributed by atoms with Crippen molar-refractivity contribution in [2.45, 2.75) is 6.54 Å². The fourth-order valence-corrected chi connectivity index (χ4v) is 4.64. The monoisotopic (exact) mass is 457 g/mol. The second-order valence-electron chi connectivity index (χ2n) is 8.41. The molecule has 1 saturated heterocycles. The van der Waals surface area contributed by atoms with Crippen LogP contribution in [0.5, 0.6) is 11.5 Å². The van der Waals surface area contributed by atoms with Gasteiger partial charge in [-0.1, -0.05) is 12.1 Å². The largest absolute Gasteiger partial charge is 0.497 e. The van der Waals surface area contributed by atoms with E-state index in [1.54, 1.807) is 25.2 Å². The molecule has 2 aliphatic heterocycles. The summed E-state index contributed by atoms with van der Waals surface area (Å²) in [5, 5.41) is 0. The van der Waals surface area contributed by atoms with Gasteiger partial charge in [-0.3, -0.25) is 9.59 Å². The molecule has 0 saturated carbocycles. The number of nitrogens with zero attached hydrogens (tertiary/aromatic N) is 3. The van der Waals surface area contributed by atoms with Gasteiger partial charge in [0.1, 0.15) is 11.5 Å². The lowest BCUT2D eigenvalue weighted by molar-refractivity contribution is 0.0742. The number of amides is 2. The van der Waals surface area contributed by atoms with Crippen LogP contribution in [0.4, 0.5) is 11.4 Å². The normalized spacial score (nSPS) is 15.4. The highest BCUT2D eigenvalue weighted by atomic mass is 16.5. The van der Waals surface area contributed by atoms with Crippen molar-refractivity contribution in [3.8, 4) is 11.5 Å². The summed E-state index contributed by atoms with van der Waals surface area (Å²) in [5.74, 6) is 1.33. The number of carbonyl (C=O) groups is 2. The van der Waals surface area contributed by atoms with Crippen LogP contribution < -0.4 is 19.3 Å². The number of hydrogen-bond acceptors (Lipinski definition) is 5. The predicted octanol–water partition coefficient (Wildman–Crippen LogP) is 3.83. The first-order valence-corrected chi connectivity index (χ1v) is 11.3. The summed E-state index contributed by atoms with van der Waals surface area (Å²) >= 11 is 0. The molecule has 0 spiro atoms. The van der Waals surface area contributed by atoms with Crippen molar-refractivity contribution in [2.24, 2.45) is 0 Å². The Kier molecular flexibility index (Phi) is 5.84. The maximum atomic E-state index is 13.5. The van der Waals surface area contributed by atoms with E-state index in [1.807, 2.05) is 65.6 Å². The van der Waals surface area contributed by atoms with Gasteiger partial charge < -0.3 is 24.2 Å². The van der Waals surface area contributed by atoms with E-state index in [9.17, 15) is 9.59 Å². The van der Waals surface area contributed by atoms with Gasteiger partial charge in [0, 0.05) is 37.6 Å². The van der Waals surface area contributed by atoms with E-state index in [0.717, 1.165) is 41.5 Å². The first-order chi connectivity index (χ1) is 16.6. The Hall–Kier alpha value is -4.00. The molecule has 0 unspecified atom stereocenters. The highest BCUT2D eigenvalue weighted by Gasteiger charge is 2.34. The number of carbonyl (C=O) groups excluding carboxylic acids is 2. The zero-order valence-corrected chi connectivity index (χ0v) is 19.4. The fraction of sp³-hybridized carbons (Fsp3) is 0.259. The minimum Gasteiger partial charge on any atom is -0.497 e. The molecule has 174 valence electrons. The smallest absolute Gasteiger partial charge is 0.259 e. The molecule has 2 amide bonds. The molecule has 2 heterocycles. The Labute approximate surface area is 199 Å². The molecule has 2 aliphatic rings. The van der Waals surface area contributed by atoms with Gasteiger partial charge in [0.2, 0.25) is 0 Å². The summed E-state index contributed by atoms with van der Waals surface area (Å²) in [6.45, 7) is 3.13. The summed E-state index contributed by atoms with van der Waals surface area (Å²) in [6.07, 6.45) is 0. The zero-order valence-electron chi connectivity index (χ0n) is 19.4. The number of benzene rings is 3. The first-order valence-electron chi connectivity index (χ1n) is 11.3. The van der Waals surface area contributed by atoms with E-state index in [-0.39, 0.29) is 11.8 Å². The maximum Gasteiger partial charge on any atom is 0.259 e. The van der Waals surface area contributed by atoms with Gasteiger partial charge in [-0.25, -0.2) is 0 Å². The lowest BCUT2D eigenvalue weighted by atomic mass is 10.0. The molecule has 0 atom stereocenters. The van der Waals surface area contributed by atoms with Gasteiger partial charge in [-0.15, -0.1) is 0 Å². The molecule has 5 rings (SSSR count). The number of piperazine rings is 1. The Morgan fingerprint density at radius 2 is 1.35 bits per heavy atom. The summed E-state index contributed by atoms with van der Waals surface area (Å²) in [5.41, 5.74) is 3.77. The molecule has 0 aliphatic carbocycles. The van der Waals surface area contributed by atoms with Crippen molar-refractivity contribution in [2.75, 3.05) is 50.2 Å². The van der Waals surface area contributed by atoms with Crippen LogP contribution in [0.15, 0.2) is 66.7 Å².